The van der Waals surface area contributed by atoms with Gasteiger partial charge in [-0.3, -0.25) is 9.36 Å². The van der Waals surface area contributed by atoms with Gasteiger partial charge in [0.05, 0.1) is 42.2 Å². The van der Waals surface area contributed by atoms with Crippen molar-refractivity contribution in [1.82, 2.24) is 4.57 Å². The minimum Gasteiger partial charge on any atom is -0.490 e. The van der Waals surface area contributed by atoms with Crippen molar-refractivity contribution in [3.8, 4) is 17.2 Å². The van der Waals surface area contributed by atoms with Crippen LogP contribution in [0.1, 0.15) is 37.9 Å². The molecule has 1 aliphatic heterocycles. The average molecular weight is 672 g/mol. The van der Waals surface area contributed by atoms with Crippen molar-refractivity contribution >= 4 is 45.3 Å². The Morgan fingerprint density at radius 2 is 1.84 bits per heavy atom. The number of nitrogens with zero attached hydrogens (tertiary/aromatic N) is 2. The first kappa shape index (κ1) is 31.8. The van der Waals surface area contributed by atoms with Gasteiger partial charge in [0.1, 0.15) is 12.4 Å². The van der Waals surface area contributed by atoms with Crippen molar-refractivity contribution in [1.29, 1.82) is 0 Å². The van der Waals surface area contributed by atoms with Gasteiger partial charge in [-0.15, -0.1) is 0 Å². The third-order valence-corrected chi connectivity index (χ3v) is 7.76. The van der Waals surface area contributed by atoms with Gasteiger partial charge in [-0.25, -0.2) is 14.6 Å². The topological polar surface area (TPSA) is 115 Å². The first-order chi connectivity index (χ1) is 20.7. The van der Waals surface area contributed by atoms with Crippen molar-refractivity contribution < 1.29 is 33.3 Å². The average Bonchev–Trinajstić information content (AvgIpc) is 3.29. The van der Waals surface area contributed by atoms with Crippen molar-refractivity contribution in [2.75, 3.05) is 33.5 Å². The molecule has 0 amide bonds. The Balaban J connectivity index is 1.91. The maximum atomic E-state index is 14.1. The lowest BCUT2D eigenvalue weighted by Gasteiger charge is -2.25. The summed E-state index contributed by atoms with van der Waals surface area (Å²) in [7, 11) is 1.27. The molecule has 0 fully saturated rings. The number of aromatic nitrogens is 1. The Bertz CT molecular complexity index is 1760. The van der Waals surface area contributed by atoms with Crippen LogP contribution in [-0.4, -0.2) is 50.0 Å². The van der Waals surface area contributed by atoms with E-state index in [1.807, 2.05) is 19.1 Å². The molecule has 1 atom stereocenters. The van der Waals surface area contributed by atoms with E-state index in [1.54, 1.807) is 50.3 Å². The Morgan fingerprint density at radius 3 is 2.53 bits per heavy atom. The fourth-order valence-corrected chi connectivity index (χ4v) is 5.85. The third kappa shape index (κ3) is 7.08. The molecule has 0 unspecified atom stereocenters. The summed E-state index contributed by atoms with van der Waals surface area (Å²) >= 11 is 4.69. The molecule has 0 aliphatic carbocycles. The van der Waals surface area contributed by atoms with Crippen LogP contribution in [0.3, 0.4) is 0 Å². The van der Waals surface area contributed by atoms with Crippen LogP contribution in [0.2, 0.25) is 0 Å². The van der Waals surface area contributed by atoms with Crippen LogP contribution in [0.4, 0.5) is 0 Å². The van der Waals surface area contributed by atoms with E-state index in [2.05, 4.69) is 32.2 Å². The molecule has 0 saturated carbocycles. The molecule has 2 heterocycles. The maximum absolute atomic E-state index is 14.1. The zero-order valence-corrected chi connectivity index (χ0v) is 26.6. The van der Waals surface area contributed by atoms with Crippen LogP contribution in [-0.2, 0) is 19.1 Å². The molecule has 0 saturated heterocycles. The van der Waals surface area contributed by atoms with Gasteiger partial charge in [-0.1, -0.05) is 46.0 Å². The van der Waals surface area contributed by atoms with E-state index in [1.165, 1.54) is 23.0 Å². The predicted molar refractivity (Wildman–Crippen MR) is 165 cm³/mol. The molecule has 10 nitrogen and oxygen atoms in total. The number of carbonyl (C=O) groups is 2. The maximum Gasteiger partial charge on any atom is 0.343 e. The van der Waals surface area contributed by atoms with E-state index >= 15 is 0 Å². The van der Waals surface area contributed by atoms with Gasteiger partial charge < -0.3 is 23.7 Å². The van der Waals surface area contributed by atoms with Gasteiger partial charge in [0.15, 0.2) is 22.9 Å². The minimum absolute atomic E-state index is 0.146. The molecule has 43 heavy (non-hydrogen) atoms. The second-order valence-corrected chi connectivity index (χ2v) is 11.0. The van der Waals surface area contributed by atoms with Gasteiger partial charge in [-0.2, -0.15) is 0 Å². The molecule has 226 valence electrons. The van der Waals surface area contributed by atoms with Gasteiger partial charge in [0.2, 0.25) is 0 Å². The van der Waals surface area contributed by atoms with Crippen LogP contribution in [0.25, 0.3) is 6.08 Å². The summed E-state index contributed by atoms with van der Waals surface area (Å²) in [6, 6.07) is 9.66. The van der Waals surface area contributed by atoms with E-state index in [0.29, 0.717) is 56.6 Å². The standard InChI is InChI=1S/C31H31BrN2O8S/c1-6-13-41-22-12-10-21(32)14-20(22)16-25-29(36)34-28(27(30(37)40-8-3)18(4)33-31(34)43-25)19-9-11-23(24(15-19)39-7-2)42-17-26(35)38-5/h6,9-12,14-16,28H,1,7-8,13,17H2,2-5H3/b25-16+/t28-/m0/s1. The van der Waals surface area contributed by atoms with Gasteiger partial charge in [0, 0.05) is 10.0 Å². The Kier molecular flexibility index (Phi) is 10.6. The number of fused-ring (bicyclic) bond motifs is 1. The molecule has 4 rings (SSSR count). The van der Waals surface area contributed by atoms with Crippen LogP contribution >= 0.6 is 27.3 Å². The van der Waals surface area contributed by atoms with Gasteiger partial charge >= 0.3 is 11.9 Å². The normalized spacial score (nSPS) is 14.4. The van der Waals surface area contributed by atoms with Crippen LogP contribution < -0.4 is 29.1 Å². The van der Waals surface area contributed by atoms with E-state index in [4.69, 9.17) is 18.9 Å². The molecule has 12 heteroatoms. The fourth-order valence-electron chi connectivity index (χ4n) is 4.44. The summed E-state index contributed by atoms with van der Waals surface area (Å²) in [5.41, 5.74) is 1.56. The lowest BCUT2D eigenvalue weighted by atomic mass is 9.95. The fraction of sp³-hybridized carbons (Fsp3) is 0.290. The summed E-state index contributed by atoms with van der Waals surface area (Å²) in [4.78, 5) is 44.1. The van der Waals surface area contributed by atoms with Crippen molar-refractivity contribution in [2.45, 2.75) is 26.8 Å². The van der Waals surface area contributed by atoms with Crippen LogP contribution in [0.5, 0.6) is 17.2 Å². The van der Waals surface area contributed by atoms with Crippen molar-refractivity contribution in [3.63, 3.8) is 0 Å². The lowest BCUT2D eigenvalue weighted by Crippen LogP contribution is -2.40. The second kappa shape index (κ2) is 14.3. The van der Waals surface area contributed by atoms with Gasteiger partial charge in [-0.05, 0) is 62.7 Å². The lowest BCUT2D eigenvalue weighted by molar-refractivity contribution is -0.143. The molecular formula is C31H31BrN2O8S. The largest absolute Gasteiger partial charge is 0.490 e. The summed E-state index contributed by atoms with van der Waals surface area (Å²) in [5, 5.41) is 0. The SMILES string of the molecule is C=CCOc1ccc(Br)cc1/C=c1/sc2n(c1=O)[C@@H](c1ccc(OCC(=O)OC)c(OCC)c1)C(C(=O)OCC)=C(C)N=2. The molecule has 0 bridgehead atoms. The number of rotatable bonds is 12. The summed E-state index contributed by atoms with van der Waals surface area (Å²) in [6.45, 7) is 9.37. The smallest absolute Gasteiger partial charge is 0.343 e. The minimum atomic E-state index is -0.870. The Hall–Kier alpha value is -4.16. The molecule has 1 aliphatic rings. The van der Waals surface area contributed by atoms with Crippen LogP contribution in [0.15, 0.2) is 74.6 Å². The van der Waals surface area contributed by atoms with E-state index < -0.39 is 18.0 Å². The second-order valence-electron chi connectivity index (χ2n) is 9.09. The molecule has 2 aromatic carbocycles. The number of benzene rings is 2. The Morgan fingerprint density at radius 1 is 1.07 bits per heavy atom. The number of allylic oxidation sites excluding steroid dienone is 1. The number of hydrogen-bond acceptors (Lipinski definition) is 10. The number of esters is 2. The molecule has 0 radical (unpaired) electrons. The summed E-state index contributed by atoms with van der Waals surface area (Å²) < 4.78 is 30.0. The van der Waals surface area contributed by atoms with Crippen molar-refractivity contribution in [2.24, 2.45) is 4.99 Å². The summed E-state index contributed by atoms with van der Waals surface area (Å²) in [6.07, 6.45) is 3.38. The van der Waals surface area contributed by atoms with Crippen LogP contribution in [0, 0.1) is 0 Å². The van der Waals surface area contributed by atoms with Crippen molar-refractivity contribution in [3.05, 3.63) is 95.6 Å². The predicted octanol–water partition coefficient (Wildman–Crippen LogP) is 4.08. The molecule has 1 aromatic heterocycles. The molecule has 3 aromatic rings. The highest BCUT2D eigenvalue weighted by molar-refractivity contribution is 9.10. The quantitative estimate of drug-likeness (QED) is 0.209. The Labute approximate surface area is 260 Å². The zero-order chi connectivity index (χ0) is 31.1. The zero-order valence-electron chi connectivity index (χ0n) is 24.2. The highest BCUT2D eigenvalue weighted by atomic mass is 79.9. The first-order valence-corrected chi connectivity index (χ1v) is 15.0. The van der Waals surface area contributed by atoms with E-state index in [-0.39, 0.29) is 24.3 Å². The van der Waals surface area contributed by atoms with Gasteiger partial charge in [0.25, 0.3) is 5.56 Å². The molecule has 0 spiro atoms. The number of methoxy groups -OCH3 is 1. The number of thiazole rings is 1. The molecule has 0 N–H and O–H groups in total. The number of halogens is 1. The highest BCUT2D eigenvalue weighted by Gasteiger charge is 2.34. The molecular weight excluding hydrogens is 640 g/mol. The highest BCUT2D eigenvalue weighted by Crippen LogP contribution is 2.36. The first-order valence-electron chi connectivity index (χ1n) is 13.4. The number of ether oxygens (including phenoxy) is 5. The third-order valence-electron chi connectivity index (χ3n) is 6.29. The van der Waals surface area contributed by atoms with E-state index in [0.717, 1.165) is 4.47 Å². The summed E-state index contributed by atoms with van der Waals surface area (Å²) in [5.74, 6) is 0.0905. The monoisotopic (exact) mass is 670 g/mol. The number of carbonyl (C=O) groups excluding carboxylic acids is 2. The number of hydrogen-bond donors (Lipinski definition) is 0. The van der Waals surface area contributed by atoms with E-state index in [9.17, 15) is 14.4 Å².